The molecule has 0 bridgehead atoms. The molecule has 0 aliphatic carbocycles. The smallest absolute Gasteiger partial charge is 0.120 e. The van der Waals surface area contributed by atoms with Crippen LogP contribution in [0.1, 0.15) is 18.4 Å². The first-order valence-corrected chi connectivity index (χ1v) is 5.28. The number of piperidine rings is 1. The van der Waals surface area contributed by atoms with Crippen LogP contribution < -0.4 is 10.1 Å². The van der Waals surface area contributed by atoms with Gasteiger partial charge < -0.3 is 10.1 Å². The van der Waals surface area contributed by atoms with Crippen molar-refractivity contribution in [2.45, 2.75) is 25.9 Å². The molecule has 3 heteroatoms. The summed E-state index contributed by atoms with van der Waals surface area (Å²) in [5.74, 6) is 0.999. The number of nitrogens with one attached hydrogen (secondary N) is 1. The Morgan fingerprint density at radius 1 is 1.40 bits per heavy atom. The summed E-state index contributed by atoms with van der Waals surface area (Å²) >= 11 is 0. The van der Waals surface area contributed by atoms with Crippen molar-refractivity contribution in [3.63, 3.8) is 0 Å². The first-order valence-electron chi connectivity index (χ1n) is 5.28. The molecule has 0 aromatic heterocycles. The molecule has 1 heterocycles. The highest BCUT2D eigenvalue weighted by Crippen LogP contribution is 2.16. The molecule has 0 radical (unpaired) electrons. The van der Waals surface area contributed by atoms with Crippen molar-refractivity contribution in [2.24, 2.45) is 0 Å². The highest BCUT2D eigenvalue weighted by molar-refractivity contribution is 5.85. The first-order chi connectivity index (χ1) is 6.84. The van der Waals surface area contributed by atoms with Gasteiger partial charge in [0.1, 0.15) is 11.9 Å². The standard InChI is InChI=1S/C12H17NO.ClH/c1-10-4-2-5-11(8-10)14-12-6-3-7-13-9-12;/h2,4-5,8,12-13H,3,6-7,9H2,1H3;1H. The van der Waals surface area contributed by atoms with Crippen molar-refractivity contribution in [3.8, 4) is 5.75 Å². The van der Waals surface area contributed by atoms with E-state index >= 15 is 0 Å². The Morgan fingerprint density at radius 2 is 2.27 bits per heavy atom. The molecule has 84 valence electrons. The van der Waals surface area contributed by atoms with Crippen molar-refractivity contribution in [1.29, 1.82) is 0 Å². The number of hydrogen-bond acceptors (Lipinski definition) is 2. The zero-order chi connectivity index (χ0) is 9.80. The van der Waals surface area contributed by atoms with E-state index in [-0.39, 0.29) is 12.4 Å². The molecule has 1 aromatic carbocycles. The van der Waals surface area contributed by atoms with Crippen LogP contribution in [-0.2, 0) is 0 Å². The van der Waals surface area contributed by atoms with Crippen molar-refractivity contribution >= 4 is 12.4 Å². The van der Waals surface area contributed by atoms with E-state index in [1.807, 2.05) is 12.1 Å². The average molecular weight is 228 g/mol. The molecule has 1 atom stereocenters. The van der Waals surface area contributed by atoms with Crippen molar-refractivity contribution in [1.82, 2.24) is 5.32 Å². The van der Waals surface area contributed by atoms with Gasteiger partial charge in [-0.25, -0.2) is 0 Å². The third-order valence-electron chi connectivity index (χ3n) is 2.54. The SMILES string of the molecule is Cc1cccc(OC2CCCNC2)c1.Cl. The summed E-state index contributed by atoms with van der Waals surface area (Å²) in [6, 6.07) is 8.25. The quantitative estimate of drug-likeness (QED) is 0.839. The van der Waals surface area contributed by atoms with Gasteiger partial charge in [0.2, 0.25) is 0 Å². The van der Waals surface area contributed by atoms with E-state index in [1.165, 1.54) is 18.4 Å². The van der Waals surface area contributed by atoms with Gasteiger partial charge in [-0.2, -0.15) is 0 Å². The lowest BCUT2D eigenvalue weighted by molar-refractivity contribution is 0.167. The molecule has 2 nitrogen and oxygen atoms in total. The fourth-order valence-electron chi connectivity index (χ4n) is 1.80. The highest BCUT2D eigenvalue weighted by Gasteiger charge is 2.13. The summed E-state index contributed by atoms with van der Waals surface area (Å²) in [5, 5.41) is 3.34. The summed E-state index contributed by atoms with van der Waals surface area (Å²) in [7, 11) is 0. The van der Waals surface area contributed by atoms with Crippen molar-refractivity contribution in [3.05, 3.63) is 29.8 Å². The Balaban J connectivity index is 0.00000112. The van der Waals surface area contributed by atoms with Crippen LogP contribution in [0.5, 0.6) is 5.75 Å². The summed E-state index contributed by atoms with van der Waals surface area (Å²) in [4.78, 5) is 0. The first kappa shape index (κ1) is 12.3. The second-order valence-corrected chi connectivity index (χ2v) is 3.90. The molecule has 0 saturated carbocycles. The molecule has 0 spiro atoms. The van der Waals surface area contributed by atoms with E-state index in [1.54, 1.807) is 0 Å². The van der Waals surface area contributed by atoms with Gasteiger partial charge in [0, 0.05) is 6.54 Å². The number of ether oxygens (including phenoxy) is 1. The third kappa shape index (κ3) is 3.73. The lowest BCUT2D eigenvalue weighted by Gasteiger charge is -2.24. The second-order valence-electron chi connectivity index (χ2n) is 3.90. The zero-order valence-electron chi connectivity index (χ0n) is 9.03. The fourth-order valence-corrected chi connectivity index (χ4v) is 1.80. The minimum atomic E-state index is 0. The Morgan fingerprint density at radius 3 is 2.93 bits per heavy atom. The highest BCUT2D eigenvalue weighted by atomic mass is 35.5. The fraction of sp³-hybridized carbons (Fsp3) is 0.500. The number of aryl methyl sites for hydroxylation is 1. The zero-order valence-corrected chi connectivity index (χ0v) is 9.85. The maximum absolute atomic E-state index is 5.87. The van der Waals surface area contributed by atoms with Crippen LogP contribution in [0.2, 0.25) is 0 Å². The van der Waals surface area contributed by atoms with Gasteiger partial charge in [-0.05, 0) is 44.0 Å². The van der Waals surface area contributed by atoms with E-state index in [2.05, 4.69) is 24.4 Å². The molecule has 1 fully saturated rings. The summed E-state index contributed by atoms with van der Waals surface area (Å²) in [5.41, 5.74) is 1.26. The van der Waals surface area contributed by atoms with Gasteiger partial charge >= 0.3 is 0 Å². The normalized spacial score (nSPS) is 20.5. The molecule has 1 aliphatic heterocycles. The monoisotopic (exact) mass is 227 g/mol. The molecule has 0 amide bonds. The minimum Gasteiger partial charge on any atom is -0.489 e. The average Bonchev–Trinajstić information content (AvgIpc) is 2.19. The van der Waals surface area contributed by atoms with Gasteiger partial charge in [-0.15, -0.1) is 12.4 Å². The Bertz CT molecular complexity index is 297. The van der Waals surface area contributed by atoms with Gasteiger partial charge in [-0.3, -0.25) is 0 Å². The van der Waals surface area contributed by atoms with E-state index in [0.717, 1.165) is 18.8 Å². The Labute approximate surface area is 97.4 Å². The van der Waals surface area contributed by atoms with Crippen molar-refractivity contribution in [2.75, 3.05) is 13.1 Å². The van der Waals surface area contributed by atoms with Gasteiger partial charge in [0.25, 0.3) is 0 Å². The van der Waals surface area contributed by atoms with Gasteiger partial charge in [0.05, 0.1) is 0 Å². The predicted molar refractivity (Wildman–Crippen MR) is 64.9 cm³/mol. The molecule has 1 aliphatic rings. The number of hydrogen-bond donors (Lipinski definition) is 1. The molecular weight excluding hydrogens is 210 g/mol. The van der Waals surface area contributed by atoms with Crippen LogP contribution in [0.25, 0.3) is 0 Å². The van der Waals surface area contributed by atoms with Crippen LogP contribution in [0.4, 0.5) is 0 Å². The number of halogens is 1. The molecule has 1 N–H and O–H groups in total. The van der Waals surface area contributed by atoms with Gasteiger partial charge in [-0.1, -0.05) is 12.1 Å². The summed E-state index contributed by atoms with van der Waals surface area (Å²) in [6.45, 7) is 4.20. The van der Waals surface area contributed by atoms with Crippen LogP contribution in [0, 0.1) is 6.92 Å². The topological polar surface area (TPSA) is 21.3 Å². The van der Waals surface area contributed by atoms with Crippen LogP contribution >= 0.6 is 12.4 Å². The summed E-state index contributed by atoms with van der Waals surface area (Å²) < 4.78 is 5.87. The molecule has 1 saturated heterocycles. The van der Waals surface area contributed by atoms with Crippen LogP contribution in [0.15, 0.2) is 24.3 Å². The molecule has 2 rings (SSSR count). The van der Waals surface area contributed by atoms with Crippen LogP contribution in [-0.4, -0.2) is 19.2 Å². The summed E-state index contributed by atoms with van der Waals surface area (Å²) in [6.07, 6.45) is 2.74. The lowest BCUT2D eigenvalue weighted by atomic mass is 10.1. The van der Waals surface area contributed by atoms with Gasteiger partial charge in [0.15, 0.2) is 0 Å². The van der Waals surface area contributed by atoms with E-state index in [0.29, 0.717) is 6.10 Å². The number of benzene rings is 1. The Hall–Kier alpha value is -0.730. The van der Waals surface area contributed by atoms with Crippen molar-refractivity contribution < 1.29 is 4.74 Å². The molecule has 15 heavy (non-hydrogen) atoms. The third-order valence-corrected chi connectivity index (χ3v) is 2.54. The Kier molecular flexibility index (Phi) is 4.92. The van der Waals surface area contributed by atoms with E-state index < -0.39 is 0 Å². The van der Waals surface area contributed by atoms with E-state index in [4.69, 9.17) is 4.74 Å². The molecular formula is C12H18ClNO. The van der Waals surface area contributed by atoms with Crippen LogP contribution in [0.3, 0.4) is 0 Å². The minimum absolute atomic E-state index is 0. The molecule has 1 unspecified atom stereocenters. The maximum atomic E-state index is 5.87. The molecule has 1 aromatic rings. The largest absolute Gasteiger partial charge is 0.489 e. The predicted octanol–water partition coefficient (Wildman–Crippen LogP) is 2.55. The van der Waals surface area contributed by atoms with E-state index in [9.17, 15) is 0 Å². The second kappa shape index (κ2) is 5.99. The lowest BCUT2D eigenvalue weighted by Crippen LogP contribution is -2.37. The maximum Gasteiger partial charge on any atom is 0.120 e. The number of rotatable bonds is 2.